The van der Waals surface area contributed by atoms with Crippen LogP contribution in [0.25, 0.3) is 0 Å². The zero-order valence-corrected chi connectivity index (χ0v) is 60.0. The molecule has 0 unspecified atom stereocenters. The topological polar surface area (TPSA) is 214 Å². The molecule has 0 spiro atoms. The molecule has 0 saturated carbocycles. The number of hydrogen-bond donors (Lipinski definition) is 1. The Morgan fingerprint density at radius 3 is 0.716 bits per heavy atom. The lowest BCUT2D eigenvalue weighted by atomic mass is 10.4. The molecule has 6 aliphatic rings. The van der Waals surface area contributed by atoms with E-state index in [-0.39, 0.29) is 5.91 Å². The first-order valence-electron chi connectivity index (χ1n) is 22.5. The Morgan fingerprint density at radius 1 is 0.373 bits per heavy atom. The third kappa shape index (κ3) is 16.9. The summed E-state index contributed by atoms with van der Waals surface area (Å²) in [5, 5.41) is 2.85. The number of nitrogens with one attached hydrogen (secondary N) is 1. The van der Waals surface area contributed by atoms with Gasteiger partial charge in [0.05, 0.1) is 0 Å². The Hall–Kier alpha value is 1.88. The van der Waals surface area contributed by atoms with E-state index >= 15 is 0 Å². The van der Waals surface area contributed by atoms with Gasteiger partial charge in [-0.2, -0.15) is 0 Å². The van der Waals surface area contributed by atoms with Crippen LogP contribution in [0.15, 0.2) is 12.7 Å². The Morgan fingerprint density at radius 2 is 0.552 bits per heavy atom. The van der Waals surface area contributed by atoms with Gasteiger partial charge in [0.2, 0.25) is 5.91 Å². The van der Waals surface area contributed by atoms with Crippen LogP contribution in [0.2, 0.25) is 157 Å². The van der Waals surface area contributed by atoms with Crippen molar-refractivity contribution in [3.05, 3.63) is 12.7 Å². The Balaban J connectivity index is 2.02. The molecule has 38 heteroatoms. The zero-order chi connectivity index (χ0) is 51.3. The molecule has 0 atom stereocenters. The monoisotopic (exact) mass is 1230 g/mol. The Kier molecular flexibility index (Phi) is 17.1. The van der Waals surface area contributed by atoms with Gasteiger partial charge in [-0.3, -0.25) is 4.79 Å². The predicted molar refractivity (Wildman–Crippen MR) is 281 cm³/mol. The van der Waals surface area contributed by atoms with E-state index in [1.807, 2.05) is 151 Å². The fraction of sp³-hybridized carbons (Fsp3) is 0.897. The van der Waals surface area contributed by atoms with Gasteiger partial charge in [-0.05, 0) is 169 Å². The molecule has 67 heavy (non-hydrogen) atoms. The van der Waals surface area contributed by atoms with Crippen molar-refractivity contribution in [1.82, 2.24) is 5.32 Å². The fourth-order valence-electron chi connectivity index (χ4n) is 6.65. The second-order valence-electron chi connectivity index (χ2n) is 24.2. The number of hydrogen-bond acceptors (Lipinski definition) is 21. The van der Waals surface area contributed by atoms with Crippen LogP contribution in [0, 0.1) is 0 Å². The van der Waals surface area contributed by atoms with E-state index in [0.717, 1.165) is 0 Å². The lowest BCUT2D eigenvalue weighted by Crippen LogP contribution is -2.93. The molecular formula is C29H79NO21Si16. The molecule has 0 aliphatic carbocycles. The summed E-state index contributed by atoms with van der Waals surface area (Å²) >= 11 is 0. The van der Waals surface area contributed by atoms with E-state index in [1.165, 1.54) is 6.08 Å². The standard InChI is InChI=1S/C29H79NO21Si16/c1-25-29(31)30-27-26-28-59(23,24)39-67-49-64(36-56(14,15)16)43-61(33-53(5,6)7)40-60(32-52(2,3)4)41-62(45-64,34-54(8,9)10)47-66(51-67,38-58(20,21)22)48-63(42-60,35-55(11,12)13)46-65(44-61,50-67)37-57(17,18)19/h25H,1,26-28H2,2-24H3,(H,30,31). The van der Waals surface area contributed by atoms with Gasteiger partial charge >= 0.3 is 72.4 Å². The number of rotatable bonds is 21. The molecule has 22 nitrogen and oxygen atoms in total. The van der Waals surface area contributed by atoms with Crippen LogP contribution in [0.4, 0.5) is 0 Å². The molecule has 0 aromatic carbocycles. The minimum atomic E-state index is -5.19. The number of carbonyl (C=O) groups is 1. The summed E-state index contributed by atoms with van der Waals surface area (Å²) in [6.07, 6.45) is 1.73. The van der Waals surface area contributed by atoms with Crippen LogP contribution in [-0.4, -0.2) is 151 Å². The summed E-state index contributed by atoms with van der Waals surface area (Å²) in [7, 11) is -64.3. The minimum absolute atomic E-state index is 0.298. The molecule has 0 aromatic heterocycles. The molecule has 6 rings (SSSR count). The average Bonchev–Trinajstić information content (AvgIpc) is 2.92. The van der Waals surface area contributed by atoms with E-state index in [4.69, 9.17) is 82.3 Å². The smallest absolute Gasteiger partial charge is 0.396 e. The lowest BCUT2D eigenvalue weighted by molar-refractivity contribution is -0.129. The van der Waals surface area contributed by atoms with Crippen LogP contribution < -0.4 is 5.32 Å². The first-order valence-corrected chi connectivity index (χ1v) is 62.6. The molecule has 0 radical (unpaired) electrons. The molecule has 1 N–H and O–H groups in total. The van der Waals surface area contributed by atoms with Crippen LogP contribution in [0.1, 0.15) is 6.42 Å². The zero-order valence-electron chi connectivity index (χ0n) is 44.0. The maximum absolute atomic E-state index is 12.2. The van der Waals surface area contributed by atoms with Crippen molar-refractivity contribution >= 4 is 145 Å². The molecule has 6 heterocycles. The van der Waals surface area contributed by atoms with Crippen LogP contribution in [0.3, 0.4) is 0 Å². The fourth-order valence-corrected chi connectivity index (χ4v) is 72.5. The second kappa shape index (κ2) is 19.2. The number of amides is 1. The highest BCUT2D eigenvalue weighted by Gasteiger charge is 2.92. The van der Waals surface area contributed by atoms with Crippen LogP contribution in [0.5, 0.6) is 0 Å². The lowest BCUT2D eigenvalue weighted by Gasteiger charge is -2.60. The molecule has 6 fully saturated rings. The normalized spacial score (nSPS) is 36.5. The first-order chi connectivity index (χ1) is 29.6. The van der Waals surface area contributed by atoms with Gasteiger partial charge in [0.1, 0.15) is 0 Å². The summed E-state index contributed by atoms with van der Waals surface area (Å²) in [6.45, 7) is 48.6. The maximum atomic E-state index is 12.2. The summed E-state index contributed by atoms with van der Waals surface area (Å²) in [5.74, 6) is -0.298. The molecular weight excluding hydrogens is 1150 g/mol. The van der Waals surface area contributed by atoms with E-state index in [2.05, 4.69) is 11.9 Å². The van der Waals surface area contributed by atoms with E-state index < -0.39 is 139 Å². The summed E-state index contributed by atoms with van der Waals surface area (Å²) in [5.41, 5.74) is 0. The van der Waals surface area contributed by atoms with Gasteiger partial charge in [-0.25, -0.2) is 0 Å². The highest BCUT2D eigenvalue weighted by molar-refractivity contribution is 7.04. The van der Waals surface area contributed by atoms with Crippen molar-refractivity contribution in [3.63, 3.8) is 0 Å². The van der Waals surface area contributed by atoms with Gasteiger partial charge in [-0.15, -0.1) is 0 Å². The summed E-state index contributed by atoms with van der Waals surface area (Å²) in [6, 6.07) is 0.459. The quantitative estimate of drug-likeness (QED) is 0.0727. The minimum Gasteiger partial charge on any atom is -0.396 e. The molecule has 8 bridgehead atoms. The van der Waals surface area contributed by atoms with Gasteiger partial charge in [0, 0.05) is 6.54 Å². The SMILES string of the molecule is C=CC(=O)NCCC[Si](C)(C)O[Si]12O[Si]3(O[Si](C)(C)C)O[Si]4(O[Si](C)(C)C)O[Si]5(O[Si](C)(C)C)O[Si](O[Si](C)(C)C)(O3)O[Si](O[Si](C)(C)C)(O[Si](O[Si](C)(C)C)(O5)O[Si](O[Si](C)(C)C)(O4)O1)O2. The van der Waals surface area contributed by atoms with Gasteiger partial charge in [0.25, 0.3) is 0 Å². The largest absolute Gasteiger partial charge is 0.651 e. The Labute approximate surface area is 416 Å². The van der Waals surface area contributed by atoms with Crippen LogP contribution >= 0.6 is 0 Å². The molecule has 1 amide bonds. The third-order valence-electron chi connectivity index (χ3n) is 7.86. The highest BCUT2D eigenvalue weighted by atomic mass is 28.7. The molecule has 6 aliphatic heterocycles. The molecule has 6 saturated heterocycles. The van der Waals surface area contributed by atoms with Crippen molar-refractivity contribution in [3.8, 4) is 0 Å². The van der Waals surface area contributed by atoms with E-state index in [0.29, 0.717) is 19.0 Å². The summed E-state index contributed by atoms with van der Waals surface area (Å²) in [4.78, 5) is 12.2. The third-order valence-corrected chi connectivity index (χ3v) is 60.8. The van der Waals surface area contributed by atoms with E-state index in [1.54, 1.807) is 0 Å². The molecule has 0 aromatic rings. The van der Waals surface area contributed by atoms with Crippen LogP contribution in [-0.2, 0) is 87.1 Å². The van der Waals surface area contributed by atoms with Crippen molar-refractivity contribution < 1.29 is 87.1 Å². The average molecular weight is 1230 g/mol. The maximum Gasteiger partial charge on any atom is 0.651 e. The summed E-state index contributed by atoms with van der Waals surface area (Å²) < 4.78 is 147. The van der Waals surface area contributed by atoms with Gasteiger partial charge < -0.3 is 87.6 Å². The highest BCUT2D eigenvalue weighted by Crippen LogP contribution is 2.53. The predicted octanol–water partition coefficient (Wildman–Crippen LogP) is 6.61. The van der Waals surface area contributed by atoms with Crippen molar-refractivity contribution in [2.45, 2.75) is 163 Å². The second-order valence-corrected chi connectivity index (χ2v) is 82.1. The van der Waals surface area contributed by atoms with Gasteiger partial charge in [-0.1, -0.05) is 6.58 Å². The number of carbonyl (C=O) groups excluding carboxylic acids is 1. The van der Waals surface area contributed by atoms with Crippen molar-refractivity contribution in [2.75, 3.05) is 6.54 Å². The van der Waals surface area contributed by atoms with Crippen molar-refractivity contribution in [1.29, 1.82) is 0 Å². The van der Waals surface area contributed by atoms with Crippen molar-refractivity contribution in [2.24, 2.45) is 0 Å². The van der Waals surface area contributed by atoms with Gasteiger partial charge in [0.15, 0.2) is 66.5 Å². The Bertz CT molecular complexity index is 1650. The first kappa shape index (κ1) is 59.8. The molecule has 390 valence electrons. The van der Waals surface area contributed by atoms with E-state index in [9.17, 15) is 4.79 Å².